The summed E-state index contributed by atoms with van der Waals surface area (Å²) >= 11 is -4.92. The normalized spacial score (nSPS) is 12.5. The van der Waals surface area contributed by atoms with Crippen LogP contribution in [0.3, 0.4) is 0 Å². The average molecular weight is 486 g/mol. The minimum Gasteiger partial charge on any atom is -0.692 e. The van der Waals surface area contributed by atoms with Gasteiger partial charge in [0.1, 0.15) is 5.69 Å². The third-order valence-electron chi connectivity index (χ3n) is 4.08. The van der Waals surface area contributed by atoms with Gasteiger partial charge in [0.25, 0.3) is 0 Å². The van der Waals surface area contributed by atoms with Crippen molar-refractivity contribution in [2.24, 2.45) is 0 Å². The maximum absolute atomic E-state index is 11.9. The van der Waals surface area contributed by atoms with Crippen LogP contribution in [-0.2, 0) is 12.4 Å². The Morgan fingerprint density at radius 2 is 1.68 bits per heavy atom. The van der Waals surface area contributed by atoms with E-state index < -0.39 is 14.2 Å². The van der Waals surface area contributed by atoms with Crippen LogP contribution in [0.1, 0.15) is 6.92 Å². The smallest absolute Gasteiger partial charge is 0.250 e. The molecule has 0 radical (unpaired) electrons. The molecule has 1 aromatic heterocycles. The molecule has 0 aliphatic rings. The second-order valence-electron chi connectivity index (χ2n) is 6.29. The van der Waals surface area contributed by atoms with Gasteiger partial charge in [-0.2, -0.15) is 0 Å². The van der Waals surface area contributed by atoms with Crippen LogP contribution in [0, 0.1) is 5.21 Å². The molecule has 3 aromatic carbocycles. The van der Waals surface area contributed by atoms with Crippen molar-refractivity contribution in [3.05, 3.63) is 84.1 Å². The van der Waals surface area contributed by atoms with Gasteiger partial charge in [-0.25, -0.2) is 0 Å². The molecule has 11 heteroatoms. The van der Waals surface area contributed by atoms with Gasteiger partial charge in [0, 0.05) is 0 Å². The number of fused-ring (bicyclic) bond motifs is 1. The summed E-state index contributed by atoms with van der Waals surface area (Å²) < 4.78 is 24.1. The van der Waals surface area contributed by atoms with Gasteiger partial charge in [-0.1, -0.05) is 30.3 Å². The van der Waals surface area contributed by atoms with E-state index in [-0.39, 0.29) is 15.9 Å². The average Bonchev–Trinajstić information content (AvgIpc) is 3.11. The largest absolute Gasteiger partial charge is 0.692 e. The molecule has 160 valence electrons. The molecule has 0 fully saturated rings. The Hall–Kier alpha value is -3.43. The Bertz CT molecular complexity index is 1240. The first-order chi connectivity index (χ1) is 14.8. The molecule has 0 saturated carbocycles. The number of hydrogen-bond acceptors (Lipinski definition) is 6. The number of anilines is 1. The summed E-state index contributed by atoms with van der Waals surface area (Å²) in [6, 6.07) is 22.5. The third-order valence-corrected chi connectivity index (χ3v) is 6.64. The van der Waals surface area contributed by atoms with Crippen molar-refractivity contribution in [3.8, 4) is 5.69 Å². The Labute approximate surface area is 179 Å². The van der Waals surface area contributed by atoms with Gasteiger partial charge in [-0.3, -0.25) is 0 Å². The van der Waals surface area contributed by atoms with Gasteiger partial charge in [-0.05, 0) is 29.1 Å². The van der Waals surface area contributed by atoms with Crippen LogP contribution >= 0.6 is 0 Å². The molecule has 3 N–H and O–H groups in total. The molecular weight excluding hydrogens is 467 g/mol. The fourth-order valence-electron chi connectivity index (χ4n) is 2.74. The summed E-state index contributed by atoms with van der Waals surface area (Å²) in [5.41, 5.74) is 2.19. The van der Waals surface area contributed by atoms with E-state index in [0.717, 1.165) is 10.5 Å². The zero-order valence-electron chi connectivity index (χ0n) is 16.3. The van der Waals surface area contributed by atoms with Crippen molar-refractivity contribution < 1.29 is 26.6 Å². The van der Waals surface area contributed by atoms with E-state index >= 15 is 0 Å². The molecule has 0 aliphatic heterocycles. The number of carbonyl (C=O) groups is 1. The number of nitrogens with one attached hydrogen (secondary N) is 1. The first-order valence-electron chi connectivity index (χ1n) is 8.99. The Morgan fingerprint density at radius 3 is 2.32 bits per heavy atom. The SMILES string of the molecule is CC(=O)Nc1ccccc1[As](=O)(O)OO.[O-][n+]1c2ccccc2nn1-c1ccccc1. The standard InChI is InChI=1S/C12H9N3O.C8H10AsNO5/c16-15-12-9-5-4-8-11(12)13-14(15)10-6-2-1-3-7-10;1-6(11)10-8-5-3-2-4-7(8)9(12,13)15-14/h1-9H;2-5,14H,1H3,(H,10,11)(H,12,13). The van der Waals surface area contributed by atoms with Gasteiger partial charge < -0.3 is 5.21 Å². The summed E-state index contributed by atoms with van der Waals surface area (Å²) in [7, 11) is 0. The van der Waals surface area contributed by atoms with Gasteiger partial charge in [-0.15, -0.1) is 4.85 Å². The van der Waals surface area contributed by atoms with Crippen molar-refractivity contribution in [3.63, 3.8) is 0 Å². The van der Waals surface area contributed by atoms with E-state index in [4.69, 9.17) is 5.26 Å². The minimum atomic E-state index is -4.92. The molecular formula is C20H19AsN4O6. The van der Waals surface area contributed by atoms with Crippen molar-refractivity contribution in [1.82, 2.24) is 9.90 Å². The van der Waals surface area contributed by atoms with E-state index in [1.807, 2.05) is 48.5 Å². The number of nitrogens with zero attached hydrogens (tertiary/aromatic N) is 3. The minimum absolute atomic E-state index is 0.103. The number of para-hydroxylation sites is 3. The maximum atomic E-state index is 11.9. The number of benzene rings is 3. The second-order valence-corrected chi connectivity index (χ2v) is 9.82. The van der Waals surface area contributed by atoms with E-state index in [0.29, 0.717) is 11.0 Å². The van der Waals surface area contributed by atoms with Crippen molar-refractivity contribution in [1.29, 1.82) is 0 Å². The van der Waals surface area contributed by atoms with Gasteiger partial charge >= 0.3 is 88.4 Å². The Morgan fingerprint density at radius 1 is 1.06 bits per heavy atom. The molecule has 4 rings (SSSR count). The summed E-state index contributed by atoms with van der Waals surface area (Å²) in [6.45, 7) is 1.27. The predicted molar refractivity (Wildman–Crippen MR) is 113 cm³/mol. The third kappa shape index (κ3) is 5.19. The van der Waals surface area contributed by atoms with Crippen LogP contribution in [0.5, 0.6) is 0 Å². The summed E-state index contributed by atoms with van der Waals surface area (Å²) in [4.78, 5) is 12.9. The van der Waals surface area contributed by atoms with Gasteiger partial charge in [0.2, 0.25) is 11.0 Å². The summed E-state index contributed by atoms with van der Waals surface area (Å²) in [5, 5.41) is 26.9. The van der Waals surface area contributed by atoms with Gasteiger partial charge in [0.15, 0.2) is 0 Å². The summed E-state index contributed by atoms with van der Waals surface area (Å²) in [6.07, 6.45) is 0. The maximum Gasteiger partial charge on any atom is 0.250 e. The second kappa shape index (κ2) is 9.59. The van der Waals surface area contributed by atoms with Crippen LogP contribution in [0.2, 0.25) is 0 Å². The molecule has 1 unspecified atom stereocenters. The van der Waals surface area contributed by atoms with Crippen LogP contribution in [0.15, 0.2) is 78.9 Å². The molecule has 0 bridgehead atoms. The molecule has 0 saturated heterocycles. The fourth-order valence-corrected chi connectivity index (χ4v) is 4.41. The molecule has 1 heterocycles. The van der Waals surface area contributed by atoms with Crippen LogP contribution in [0.4, 0.5) is 5.69 Å². The van der Waals surface area contributed by atoms with Crippen molar-refractivity contribution in [2.45, 2.75) is 6.92 Å². The first-order valence-corrected chi connectivity index (χ1v) is 12.3. The van der Waals surface area contributed by atoms with Gasteiger partial charge in [0.05, 0.1) is 5.10 Å². The number of hydrogen-bond donors (Lipinski definition) is 3. The molecule has 31 heavy (non-hydrogen) atoms. The van der Waals surface area contributed by atoms with Crippen molar-refractivity contribution >= 4 is 41.2 Å². The number of amides is 1. The molecule has 0 spiro atoms. The van der Waals surface area contributed by atoms with E-state index in [2.05, 4.69) is 14.3 Å². The quantitative estimate of drug-likeness (QED) is 0.130. The molecule has 0 aliphatic carbocycles. The molecule has 10 nitrogen and oxygen atoms in total. The monoisotopic (exact) mass is 486 g/mol. The number of aromatic nitrogens is 3. The molecule has 1 amide bonds. The Balaban J connectivity index is 0.000000176. The van der Waals surface area contributed by atoms with E-state index in [9.17, 15) is 17.8 Å². The van der Waals surface area contributed by atoms with Crippen molar-refractivity contribution in [2.75, 3.05) is 5.32 Å². The first kappa shape index (κ1) is 22.3. The number of carbonyl (C=O) groups excluding carboxylic acids is 1. The topological polar surface area (TPSA) is 141 Å². The van der Waals surface area contributed by atoms with E-state index in [1.54, 1.807) is 12.1 Å². The Kier molecular flexibility index (Phi) is 6.88. The molecule has 1 atom stereocenters. The number of rotatable bonds is 4. The fraction of sp³-hybridized carbons (Fsp3) is 0.0500. The zero-order valence-corrected chi connectivity index (χ0v) is 18.2. The van der Waals surface area contributed by atoms with E-state index in [1.165, 1.54) is 29.9 Å². The zero-order chi connectivity index (χ0) is 22.4. The summed E-state index contributed by atoms with van der Waals surface area (Å²) in [5.74, 6) is -0.379. The predicted octanol–water partition coefficient (Wildman–Crippen LogP) is 1.36. The van der Waals surface area contributed by atoms with Crippen LogP contribution in [-0.4, -0.2) is 39.3 Å². The molecule has 4 aromatic rings. The van der Waals surface area contributed by atoms with Crippen LogP contribution < -0.4 is 14.5 Å². The van der Waals surface area contributed by atoms with Crippen LogP contribution in [0.25, 0.3) is 16.7 Å².